The summed E-state index contributed by atoms with van der Waals surface area (Å²) in [6.45, 7) is 9.35. The molecule has 2 aliphatic rings. The van der Waals surface area contributed by atoms with Crippen molar-refractivity contribution in [2.45, 2.75) is 116 Å². The zero-order valence-electron chi connectivity index (χ0n) is 33.2. The first-order chi connectivity index (χ1) is 26.0. The number of likely N-dealkylation sites (N-methyl/N-ethyl adjacent to an activating group) is 1. The minimum Gasteiger partial charge on any atom is -0.347 e. The molecule has 0 radical (unpaired) electrons. The predicted molar refractivity (Wildman–Crippen MR) is 215 cm³/mol. The van der Waals surface area contributed by atoms with Crippen LogP contribution in [0.15, 0.2) is 109 Å². The number of hydrogen-bond acceptors (Lipinski definition) is 5. The molecule has 0 N–H and O–H groups in total. The molecular weight excluding hydrogens is 692 g/mol. The number of benzene rings is 4. The van der Waals surface area contributed by atoms with Crippen LogP contribution in [0.4, 0.5) is 11.4 Å². The lowest BCUT2D eigenvalue weighted by molar-refractivity contribution is -2.00. The normalized spacial score (nSPS) is 16.9. The van der Waals surface area contributed by atoms with Gasteiger partial charge in [-0.25, -0.2) is 18.6 Å². The molecule has 54 heavy (non-hydrogen) atoms. The topological polar surface area (TPSA) is 98.5 Å². The van der Waals surface area contributed by atoms with Crippen LogP contribution >= 0.6 is 0 Å². The van der Waals surface area contributed by atoms with Gasteiger partial charge in [0, 0.05) is 41.6 Å². The Labute approximate surface area is 325 Å². The molecule has 0 bridgehead atoms. The first-order valence-corrected chi connectivity index (χ1v) is 21.3. The van der Waals surface area contributed by atoms with Crippen LogP contribution in [0.3, 0.4) is 0 Å². The zero-order valence-corrected chi connectivity index (χ0v) is 34.0. The molecule has 0 unspecified atom stereocenters. The van der Waals surface area contributed by atoms with Crippen LogP contribution in [-0.2, 0) is 10.8 Å². The molecule has 0 spiro atoms. The Morgan fingerprint density at radius 2 is 1.09 bits per heavy atom. The Balaban J connectivity index is 0.00000105. The van der Waals surface area contributed by atoms with E-state index in [1.807, 2.05) is 0 Å². The van der Waals surface area contributed by atoms with E-state index in [9.17, 15) is 0 Å². The second-order valence-electron chi connectivity index (χ2n) is 15.1. The van der Waals surface area contributed by atoms with Crippen molar-refractivity contribution in [2.75, 3.05) is 19.0 Å². The highest BCUT2D eigenvalue weighted by molar-refractivity contribution is 6.08. The lowest BCUT2D eigenvalue weighted by atomic mass is 9.69. The number of rotatable bonds is 15. The van der Waals surface area contributed by atoms with Gasteiger partial charge in [-0.3, -0.25) is 0 Å². The summed E-state index contributed by atoms with van der Waals surface area (Å²) in [5.41, 5.74) is 8.83. The first-order valence-electron chi connectivity index (χ1n) is 20.0. The third kappa shape index (κ3) is 8.54. The molecule has 6 rings (SSSR count). The molecule has 0 amide bonds. The summed E-state index contributed by atoms with van der Waals surface area (Å²) >= 11 is 0. The number of nitrogens with zero attached hydrogens (tertiary/aromatic N) is 2. The Morgan fingerprint density at radius 3 is 1.63 bits per heavy atom. The molecule has 0 atom stereocenters. The van der Waals surface area contributed by atoms with Crippen molar-refractivity contribution in [1.29, 1.82) is 0 Å². The summed E-state index contributed by atoms with van der Waals surface area (Å²) in [5.74, 6) is 0. The first kappa shape index (κ1) is 41.4. The average Bonchev–Trinajstić information content (AvgIpc) is 3.54. The molecule has 6 nitrogen and oxygen atoms in total. The van der Waals surface area contributed by atoms with Crippen LogP contribution in [0.25, 0.3) is 21.5 Å². The van der Waals surface area contributed by atoms with E-state index < -0.39 is 10.2 Å². The molecule has 4 aromatic carbocycles. The van der Waals surface area contributed by atoms with Crippen LogP contribution in [0.5, 0.6) is 0 Å². The van der Waals surface area contributed by atoms with E-state index in [-0.39, 0.29) is 10.8 Å². The molecule has 4 aromatic rings. The number of fused-ring (bicyclic) bond motifs is 6. The second-order valence-corrected chi connectivity index (χ2v) is 15.9. The molecule has 2 heterocycles. The van der Waals surface area contributed by atoms with Crippen molar-refractivity contribution >= 4 is 38.6 Å². The molecule has 288 valence electrons. The Morgan fingerprint density at radius 1 is 0.611 bits per heavy atom. The standard InChI is InChI=1S/C47H59N2.ClHO4/c1-7-11-32-46(33-12-8-2)42(48(5)40-30-28-36-22-18-20-24-38(36)44(40)46)26-16-15-17-27-43-47(34-13-9-3,35-14-10-4)45-39-25-21-19-23-37(39)29-31-41(45)49(43)6;2-1(3,4)5/h15-31H,7-14,32-35H2,1-6H3;(H,2,3,4,5)/q+1;/p-1. The second kappa shape index (κ2) is 18.2. The van der Waals surface area contributed by atoms with Crippen LogP contribution in [0, 0.1) is 10.2 Å². The zero-order chi connectivity index (χ0) is 38.9. The van der Waals surface area contributed by atoms with Gasteiger partial charge in [-0.1, -0.05) is 152 Å². The van der Waals surface area contributed by atoms with E-state index >= 15 is 0 Å². The fourth-order valence-corrected chi connectivity index (χ4v) is 9.32. The van der Waals surface area contributed by atoms with Gasteiger partial charge in [-0.15, -0.1) is 10.2 Å². The third-order valence-electron chi connectivity index (χ3n) is 11.8. The van der Waals surface area contributed by atoms with Gasteiger partial charge >= 0.3 is 0 Å². The molecule has 0 saturated carbocycles. The van der Waals surface area contributed by atoms with Gasteiger partial charge in [0.1, 0.15) is 7.05 Å². The molecule has 0 saturated heterocycles. The molecule has 7 heteroatoms. The van der Waals surface area contributed by atoms with E-state index in [0.29, 0.717) is 0 Å². The minimum absolute atomic E-state index is 0.0313. The van der Waals surface area contributed by atoms with Gasteiger partial charge in [0.15, 0.2) is 5.71 Å². The van der Waals surface area contributed by atoms with Gasteiger partial charge in [-0.05, 0) is 71.0 Å². The maximum Gasteiger partial charge on any atom is 0.210 e. The SMILES string of the molecule is CCCCC1(CCCC)C(/C=C/C=C/C=C2\N(C)c3ccc4ccccc4c3C2(CCCC)CCCC)=[N+](C)c2ccc3ccccc3c21.[O-][Cl+3]([O-])([O-])[O-]. The van der Waals surface area contributed by atoms with E-state index in [2.05, 4.69) is 154 Å². The van der Waals surface area contributed by atoms with E-state index in [0.717, 1.165) is 0 Å². The van der Waals surface area contributed by atoms with Crippen molar-refractivity contribution in [3.05, 3.63) is 120 Å². The summed E-state index contributed by atoms with van der Waals surface area (Å²) in [5, 5.41) is 5.56. The quantitative estimate of drug-likeness (QED) is 0.0899. The minimum atomic E-state index is -4.94. The molecule has 2 aliphatic heterocycles. The third-order valence-corrected chi connectivity index (χ3v) is 11.8. The summed E-state index contributed by atoms with van der Waals surface area (Å²) in [6.07, 6.45) is 26.4. The van der Waals surface area contributed by atoms with Crippen molar-refractivity contribution in [3.63, 3.8) is 0 Å². The average molecular weight is 751 g/mol. The molecule has 0 aromatic heterocycles. The van der Waals surface area contributed by atoms with E-state index in [1.165, 1.54) is 121 Å². The summed E-state index contributed by atoms with van der Waals surface area (Å²) < 4.78 is 36.5. The number of anilines is 1. The van der Waals surface area contributed by atoms with Gasteiger partial charge in [0.2, 0.25) is 5.69 Å². The molecular formula is C47H59ClN2O4. The van der Waals surface area contributed by atoms with E-state index in [1.54, 1.807) is 11.1 Å². The highest BCUT2D eigenvalue weighted by atomic mass is 35.7. The Bertz CT molecular complexity index is 2000. The van der Waals surface area contributed by atoms with Crippen molar-refractivity contribution < 1.29 is 33.5 Å². The van der Waals surface area contributed by atoms with Gasteiger partial charge in [0.05, 0.1) is 5.41 Å². The summed E-state index contributed by atoms with van der Waals surface area (Å²) in [7, 11) is -0.354. The van der Waals surface area contributed by atoms with Gasteiger partial charge < -0.3 is 4.90 Å². The maximum atomic E-state index is 8.49. The fraction of sp³-hybridized carbons (Fsp3) is 0.426. The van der Waals surface area contributed by atoms with Gasteiger partial charge in [-0.2, -0.15) is 4.58 Å². The maximum absolute atomic E-state index is 8.49. The van der Waals surface area contributed by atoms with Crippen molar-refractivity contribution in [3.8, 4) is 0 Å². The van der Waals surface area contributed by atoms with Gasteiger partial charge in [0.25, 0.3) is 0 Å². The van der Waals surface area contributed by atoms with Crippen LogP contribution in [-0.4, -0.2) is 24.4 Å². The van der Waals surface area contributed by atoms with Crippen molar-refractivity contribution in [1.82, 2.24) is 0 Å². The number of hydrogen-bond donors (Lipinski definition) is 0. The monoisotopic (exact) mass is 750 g/mol. The highest BCUT2D eigenvalue weighted by Crippen LogP contribution is 2.55. The fourth-order valence-electron chi connectivity index (χ4n) is 9.32. The highest BCUT2D eigenvalue weighted by Gasteiger charge is 2.50. The summed E-state index contributed by atoms with van der Waals surface area (Å²) in [4.78, 5) is 2.50. The molecule has 0 fully saturated rings. The Hall–Kier alpha value is -3.78. The van der Waals surface area contributed by atoms with Crippen LogP contribution < -0.4 is 23.5 Å². The van der Waals surface area contributed by atoms with Crippen LogP contribution in [0.2, 0.25) is 0 Å². The number of unbranched alkanes of at least 4 members (excludes halogenated alkanes) is 4. The predicted octanol–water partition coefficient (Wildman–Crippen LogP) is 8.35. The largest absolute Gasteiger partial charge is 0.347 e. The van der Waals surface area contributed by atoms with Crippen LogP contribution in [0.1, 0.15) is 116 Å². The molecule has 0 aliphatic carbocycles. The van der Waals surface area contributed by atoms with Crippen molar-refractivity contribution in [2.24, 2.45) is 0 Å². The lowest BCUT2D eigenvalue weighted by Gasteiger charge is -2.34. The lowest BCUT2D eigenvalue weighted by Crippen LogP contribution is -2.68. The smallest absolute Gasteiger partial charge is 0.210 e. The number of allylic oxidation sites excluding steroid dienone is 6. The Kier molecular flexibility index (Phi) is 14.0. The van der Waals surface area contributed by atoms with E-state index in [4.69, 9.17) is 18.6 Å². The summed E-state index contributed by atoms with van der Waals surface area (Å²) in [6, 6.07) is 27.5. The number of halogens is 1.